The Labute approximate surface area is 118 Å². The molecular formula is C16H32O3. The first kappa shape index (κ1) is 18.4. The highest BCUT2D eigenvalue weighted by Gasteiger charge is 2.12. The predicted octanol–water partition coefficient (Wildman–Crippen LogP) is 4.08. The third-order valence-corrected chi connectivity index (χ3v) is 3.00. The van der Waals surface area contributed by atoms with Gasteiger partial charge in [0.2, 0.25) is 0 Å². The Morgan fingerprint density at radius 1 is 0.947 bits per heavy atom. The average molecular weight is 272 g/mol. The summed E-state index contributed by atoms with van der Waals surface area (Å²) >= 11 is 0. The van der Waals surface area contributed by atoms with Gasteiger partial charge in [-0.25, -0.2) is 0 Å². The van der Waals surface area contributed by atoms with Gasteiger partial charge in [0.05, 0.1) is 12.2 Å². The molecule has 0 aliphatic rings. The van der Waals surface area contributed by atoms with Crippen LogP contribution < -0.4 is 0 Å². The molecule has 3 nitrogen and oxygen atoms in total. The minimum atomic E-state index is -0.667. The lowest BCUT2D eigenvalue weighted by Gasteiger charge is -2.17. The second-order valence-corrected chi connectivity index (χ2v) is 7.26. The van der Waals surface area contributed by atoms with Crippen molar-refractivity contribution in [3.63, 3.8) is 0 Å². The Kier molecular flexibility index (Phi) is 8.31. The first-order valence-corrected chi connectivity index (χ1v) is 7.48. The van der Waals surface area contributed by atoms with Crippen molar-refractivity contribution in [2.45, 2.75) is 85.2 Å². The number of unbranched alkanes of at least 4 members (excludes halogenated alkanes) is 2. The van der Waals surface area contributed by atoms with E-state index < -0.39 is 5.60 Å². The van der Waals surface area contributed by atoms with Crippen LogP contribution in [-0.4, -0.2) is 23.3 Å². The number of esters is 1. The van der Waals surface area contributed by atoms with Gasteiger partial charge >= 0.3 is 5.97 Å². The molecule has 19 heavy (non-hydrogen) atoms. The second-order valence-electron chi connectivity index (χ2n) is 7.26. The molecule has 0 atom stereocenters. The molecular weight excluding hydrogens is 240 g/mol. The Bertz CT molecular complexity index is 246. The fourth-order valence-corrected chi connectivity index (χ4v) is 1.86. The summed E-state index contributed by atoms with van der Waals surface area (Å²) in [5.74, 6) is -0.105. The van der Waals surface area contributed by atoms with Crippen molar-refractivity contribution in [1.29, 1.82) is 0 Å². The zero-order valence-corrected chi connectivity index (χ0v) is 13.4. The zero-order chi connectivity index (χ0) is 14.9. The van der Waals surface area contributed by atoms with Crippen molar-refractivity contribution in [2.75, 3.05) is 6.61 Å². The highest BCUT2D eigenvalue weighted by Crippen LogP contribution is 2.22. The highest BCUT2D eigenvalue weighted by molar-refractivity contribution is 5.69. The van der Waals surface area contributed by atoms with Crippen LogP contribution in [0.5, 0.6) is 0 Å². The van der Waals surface area contributed by atoms with Crippen LogP contribution in [-0.2, 0) is 9.53 Å². The number of hydrogen-bond donors (Lipinski definition) is 1. The number of aliphatic hydroxyl groups is 1. The van der Waals surface area contributed by atoms with Gasteiger partial charge in [0.25, 0.3) is 0 Å². The molecule has 0 aromatic carbocycles. The molecule has 0 bridgehead atoms. The van der Waals surface area contributed by atoms with Crippen molar-refractivity contribution in [2.24, 2.45) is 5.41 Å². The molecule has 0 aliphatic carbocycles. The fraction of sp³-hybridized carbons (Fsp3) is 0.938. The third kappa shape index (κ3) is 15.4. The molecule has 0 fully saturated rings. The van der Waals surface area contributed by atoms with Gasteiger partial charge in [0.1, 0.15) is 0 Å². The van der Waals surface area contributed by atoms with Crippen LogP contribution in [0, 0.1) is 5.41 Å². The summed E-state index contributed by atoms with van der Waals surface area (Å²) in [6, 6.07) is 0. The lowest BCUT2D eigenvalue weighted by Crippen LogP contribution is -2.19. The molecule has 1 N–H and O–H groups in total. The molecule has 0 saturated heterocycles. The largest absolute Gasteiger partial charge is 0.466 e. The summed E-state index contributed by atoms with van der Waals surface area (Å²) in [6.07, 6.45) is 6.29. The molecule has 0 saturated carbocycles. The number of rotatable bonds is 9. The Hall–Kier alpha value is -0.570. The average Bonchev–Trinajstić information content (AvgIpc) is 2.21. The van der Waals surface area contributed by atoms with Crippen LogP contribution in [0.3, 0.4) is 0 Å². The van der Waals surface area contributed by atoms with Gasteiger partial charge in [-0.15, -0.1) is 0 Å². The van der Waals surface area contributed by atoms with E-state index in [1.54, 1.807) is 13.8 Å². The molecule has 0 aliphatic heterocycles. The summed E-state index contributed by atoms with van der Waals surface area (Å²) in [7, 11) is 0. The molecule has 0 heterocycles. The lowest BCUT2D eigenvalue weighted by molar-refractivity contribution is -0.144. The molecule has 0 unspecified atom stereocenters. The normalized spacial score (nSPS) is 12.5. The van der Waals surface area contributed by atoms with Crippen LogP contribution in [0.25, 0.3) is 0 Å². The smallest absolute Gasteiger partial charge is 0.305 e. The van der Waals surface area contributed by atoms with Crippen LogP contribution in [0.15, 0.2) is 0 Å². The first-order valence-electron chi connectivity index (χ1n) is 7.48. The van der Waals surface area contributed by atoms with Gasteiger partial charge in [0.15, 0.2) is 0 Å². The molecule has 0 radical (unpaired) electrons. The van der Waals surface area contributed by atoms with Gasteiger partial charge in [-0.3, -0.25) is 4.79 Å². The maximum absolute atomic E-state index is 11.4. The Morgan fingerprint density at radius 2 is 1.58 bits per heavy atom. The van der Waals surface area contributed by atoms with E-state index in [1.807, 2.05) is 0 Å². The lowest BCUT2D eigenvalue weighted by atomic mass is 9.89. The van der Waals surface area contributed by atoms with Gasteiger partial charge in [-0.1, -0.05) is 33.6 Å². The van der Waals surface area contributed by atoms with E-state index in [1.165, 1.54) is 12.8 Å². The van der Waals surface area contributed by atoms with Gasteiger partial charge in [0, 0.05) is 6.42 Å². The maximum atomic E-state index is 11.4. The molecule has 0 aromatic rings. The summed E-state index contributed by atoms with van der Waals surface area (Å²) in [4.78, 5) is 11.4. The van der Waals surface area contributed by atoms with Gasteiger partial charge < -0.3 is 9.84 Å². The van der Waals surface area contributed by atoms with Crippen molar-refractivity contribution in [1.82, 2.24) is 0 Å². The Balaban J connectivity index is 3.41. The summed E-state index contributed by atoms with van der Waals surface area (Å²) < 4.78 is 5.13. The van der Waals surface area contributed by atoms with E-state index in [-0.39, 0.29) is 5.97 Å². The van der Waals surface area contributed by atoms with Crippen molar-refractivity contribution in [3.8, 4) is 0 Å². The van der Waals surface area contributed by atoms with E-state index >= 15 is 0 Å². The fourth-order valence-electron chi connectivity index (χ4n) is 1.86. The first-order chi connectivity index (χ1) is 8.60. The molecule has 0 spiro atoms. The standard InChI is InChI=1S/C16H32O3/c1-15(2,3)11-8-6-7-10-14(17)19-13-9-12-16(4,5)18/h18H,6-13H2,1-5H3. The molecule has 0 amide bonds. The molecule has 3 heteroatoms. The van der Waals surface area contributed by atoms with E-state index in [9.17, 15) is 9.90 Å². The van der Waals surface area contributed by atoms with Crippen molar-refractivity contribution in [3.05, 3.63) is 0 Å². The van der Waals surface area contributed by atoms with E-state index in [4.69, 9.17) is 4.74 Å². The zero-order valence-electron chi connectivity index (χ0n) is 13.4. The van der Waals surface area contributed by atoms with E-state index in [0.29, 0.717) is 24.9 Å². The quantitative estimate of drug-likeness (QED) is 0.508. The summed E-state index contributed by atoms with van der Waals surface area (Å²) in [5.41, 5.74) is -0.281. The monoisotopic (exact) mass is 272 g/mol. The Morgan fingerprint density at radius 3 is 2.11 bits per heavy atom. The molecule has 0 rings (SSSR count). The van der Waals surface area contributed by atoms with Gasteiger partial charge in [-0.2, -0.15) is 0 Å². The summed E-state index contributed by atoms with van der Waals surface area (Å²) in [6.45, 7) is 10.7. The highest BCUT2D eigenvalue weighted by atomic mass is 16.5. The third-order valence-electron chi connectivity index (χ3n) is 3.00. The number of hydrogen-bond acceptors (Lipinski definition) is 3. The van der Waals surface area contributed by atoms with Crippen LogP contribution in [0.4, 0.5) is 0 Å². The minimum Gasteiger partial charge on any atom is -0.466 e. The van der Waals surface area contributed by atoms with Crippen molar-refractivity contribution < 1.29 is 14.6 Å². The number of carbonyl (C=O) groups is 1. The van der Waals surface area contributed by atoms with Crippen LogP contribution in [0.2, 0.25) is 0 Å². The van der Waals surface area contributed by atoms with E-state index in [0.717, 1.165) is 19.3 Å². The van der Waals surface area contributed by atoms with Gasteiger partial charge in [-0.05, 0) is 44.9 Å². The van der Waals surface area contributed by atoms with Crippen LogP contribution >= 0.6 is 0 Å². The maximum Gasteiger partial charge on any atom is 0.305 e. The second kappa shape index (κ2) is 8.57. The minimum absolute atomic E-state index is 0.105. The van der Waals surface area contributed by atoms with Crippen molar-refractivity contribution >= 4 is 5.97 Å². The summed E-state index contributed by atoms with van der Waals surface area (Å²) in [5, 5.41) is 9.51. The molecule has 0 aromatic heterocycles. The number of ether oxygens (including phenoxy) is 1. The number of carbonyl (C=O) groups excluding carboxylic acids is 1. The predicted molar refractivity (Wildman–Crippen MR) is 79.0 cm³/mol. The van der Waals surface area contributed by atoms with Crippen LogP contribution in [0.1, 0.15) is 79.6 Å². The SMILES string of the molecule is CC(C)(C)CCCCCC(=O)OCCCC(C)(C)O. The molecule has 114 valence electrons. The topological polar surface area (TPSA) is 46.5 Å². The van der Waals surface area contributed by atoms with E-state index in [2.05, 4.69) is 20.8 Å².